The van der Waals surface area contributed by atoms with Crippen LogP contribution in [0.3, 0.4) is 0 Å². The van der Waals surface area contributed by atoms with Gasteiger partial charge in [0.1, 0.15) is 11.9 Å². The van der Waals surface area contributed by atoms with Gasteiger partial charge in [-0.3, -0.25) is 4.79 Å². The minimum absolute atomic E-state index is 0.158. The maximum Gasteiger partial charge on any atom is 0.310 e. The van der Waals surface area contributed by atoms with E-state index in [0.29, 0.717) is 0 Å². The van der Waals surface area contributed by atoms with E-state index in [2.05, 4.69) is 4.74 Å². The molecule has 0 bridgehead atoms. The summed E-state index contributed by atoms with van der Waals surface area (Å²) in [7, 11) is 1.21. The second kappa shape index (κ2) is 4.76. The fraction of sp³-hybridized carbons (Fsp3) is 0.200. The smallest absolute Gasteiger partial charge is 0.310 e. The lowest BCUT2D eigenvalue weighted by molar-refractivity contribution is -0.139. The second-order valence-electron chi connectivity index (χ2n) is 2.75. The van der Waals surface area contributed by atoms with Crippen LogP contribution in [-0.4, -0.2) is 13.1 Å². The van der Waals surface area contributed by atoms with Crippen molar-refractivity contribution in [3.63, 3.8) is 0 Å². The van der Waals surface area contributed by atoms with E-state index in [4.69, 9.17) is 16.9 Å². The largest absolute Gasteiger partial charge is 0.469 e. The number of ether oxygens (including phenoxy) is 1. The van der Waals surface area contributed by atoms with Crippen molar-refractivity contribution in [1.29, 1.82) is 5.26 Å². The zero-order chi connectivity index (χ0) is 11.4. The predicted octanol–water partition coefficient (Wildman–Crippen LogP) is 2.07. The van der Waals surface area contributed by atoms with E-state index in [9.17, 15) is 9.18 Å². The fourth-order valence-corrected chi connectivity index (χ4v) is 1.33. The first-order chi connectivity index (χ1) is 7.10. The van der Waals surface area contributed by atoms with Crippen LogP contribution < -0.4 is 0 Å². The molecule has 0 aliphatic carbocycles. The van der Waals surface area contributed by atoms with Gasteiger partial charge in [0.15, 0.2) is 0 Å². The molecule has 1 aromatic rings. The standard InChI is InChI=1S/C10H7ClFNO2/c1-15-10(14)4-6-7(5-13)9(12)3-2-8(6)11/h2-3H,4H2,1H3. The molecule has 0 saturated carbocycles. The van der Waals surface area contributed by atoms with Crippen LogP contribution in [0.4, 0.5) is 4.39 Å². The molecule has 0 N–H and O–H groups in total. The van der Waals surface area contributed by atoms with Crippen LogP contribution in [-0.2, 0) is 16.0 Å². The van der Waals surface area contributed by atoms with Crippen LogP contribution in [0.2, 0.25) is 5.02 Å². The molecule has 0 spiro atoms. The molecular weight excluding hydrogens is 221 g/mol. The number of rotatable bonds is 2. The molecule has 0 unspecified atom stereocenters. The highest BCUT2D eigenvalue weighted by atomic mass is 35.5. The van der Waals surface area contributed by atoms with E-state index in [0.717, 1.165) is 6.07 Å². The molecule has 15 heavy (non-hydrogen) atoms. The first kappa shape index (κ1) is 11.5. The molecular formula is C10H7ClFNO2. The van der Waals surface area contributed by atoms with Gasteiger partial charge in [0.25, 0.3) is 0 Å². The van der Waals surface area contributed by atoms with Crippen LogP contribution in [0.5, 0.6) is 0 Å². The topological polar surface area (TPSA) is 50.1 Å². The van der Waals surface area contributed by atoms with Crippen LogP contribution in [0.25, 0.3) is 0 Å². The second-order valence-corrected chi connectivity index (χ2v) is 3.15. The van der Waals surface area contributed by atoms with Gasteiger partial charge >= 0.3 is 5.97 Å². The van der Waals surface area contributed by atoms with E-state index < -0.39 is 11.8 Å². The number of esters is 1. The maximum atomic E-state index is 13.2. The molecule has 0 heterocycles. The van der Waals surface area contributed by atoms with Gasteiger partial charge in [-0.2, -0.15) is 5.26 Å². The van der Waals surface area contributed by atoms with Gasteiger partial charge in [-0.1, -0.05) is 11.6 Å². The average molecular weight is 228 g/mol. The van der Waals surface area contributed by atoms with E-state index in [1.165, 1.54) is 13.2 Å². The summed E-state index contributed by atoms with van der Waals surface area (Å²) in [6.07, 6.45) is -0.212. The van der Waals surface area contributed by atoms with E-state index >= 15 is 0 Å². The van der Waals surface area contributed by atoms with Crippen molar-refractivity contribution in [3.8, 4) is 6.07 Å². The number of nitriles is 1. The number of halogens is 2. The van der Waals surface area contributed by atoms with E-state index in [-0.39, 0.29) is 22.6 Å². The maximum absolute atomic E-state index is 13.2. The van der Waals surface area contributed by atoms with Crippen molar-refractivity contribution < 1.29 is 13.9 Å². The van der Waals surface area contributed by atoms with Gasteiger partial charge in [0, 0.05) is 10.6 Å². The molecule has 0 aliphatic heterocycles. The molecule has 0 fully saturated rings. The lowest BCUT2D eigenvalue weighted by Crippen LogP contribution is -2.07. The summed E-state index contributed by atoms with van der Waals surface area (Å²) in [5, 5.41) is 8.89. The Hall–Kier alpha value is -1.60. The minimum atomic E-state index is -0.694. The number of nitrogens with zero attached hydrogens (tertiary/aromatic N) is 1. The van der Waals surface area contributed by atoms with Gasteiger partial charge in [-0.15, -0.1) is 0 Å². The summed E-state index contributed by atoms with van der Waals surface area (Å²) < 4.78 is 17.6. The third kappa shape index (κ3) is 2.45. The lowest BCUT2D eigenvalue weighted by atomic mass is 10.0. The monoisotopic (exact) mass is 227 g/mol. The van der Waals surface area contributed by atoms with Gasteiger partial charge in [0.2, 0.25) is 0 Å². The summed E-state index contributed by atoms with van der Waals surface area (Å²) >= 11 is 5.76. The Kier molecular flexibility index (Phi) is 3.64. The average Bonchev–Trinajstić information content (AvgIpc) is 2.23. The molecule has 1 rings (SSSR count). The first-order valence-electron chi connectivity index (χ1n) is 4.04. The molecule has 5 heteroatoms. The summed E-state index contributed by atoms with van der Waals surface area (Å²) in [5.41, 5.74) is -0.0566. The Bertz CT molecular complexity index is 440. The van der Waals surface area contributed by atoms with Crippen molar-refractivity contribution in [2.45, 2.75) is 6.42 Å². The molecule has 0 amide bonds. The van der Waals surface area contributed by atoms with E-state index in [1.807, 2.05) is 0 Å². The SMILES string of the molecule is COC(=O)Cc1c(Cl)ccc(F)c1C#N. The Morgan fingerprint density at radius 3 is 2.87 bits per heavy atom. The zero-order valence-corrected chi connectivity index (χ0v) is 8.64. The molecule has 1 aromatic carbocycles. The number of hydrogen-bond acceptors (Lipinski definition) is 3. The third-order valence-electron chi connectivity index (χ3n) is 1.87. The minimum Gasteiger partial charge on any atom is -0.469 e. The Morgan fingerprint density at radius 2 is 2.33 bits per heavy atom. The Balaban J connectivity index is 3.21. The van der Waals surface area contributed by atoms with Crippen molar-refractivity contribution in [2.24, 2.45) is 0 Å². The summed E-state index contributed by atoms with van der Waals surface area (Å²) in [5.74, 6) is -1.26. The number of hydrogen-bond donors (Lipinski definition) is 0. The molecule has 3 nitrogen and oxygen atoms in total. The van der Waals surface area contributed by atoms with Crippen LogP contribution in [0, 0.1) is 17.1 Å². The highest BCUT2D eigenvalue weighted by molar-refractivity contribution is 6.31. The first-order valence-corrected chi connectivity index (χ1v) is 4.41. The van der Waals surface area contributed by atoms with Crippen molar-refractivity contribution in [2.75, 3.05) is 7.11 Å². The van der Waals surface area contributed by atoms with Gasteiger partial charge in [-0.25, -0.2) is 4.39 Å². The van der Waals surface area contributed by atoms with Crippen molar-refractivity contribution >= 4 is 17.6 Å². The number of carbonyl (C=O) groups is 1. The normalized spacial score (nSPS) is 9.47. The van der Waals surface area contributed by atoms with Crippen LogP contribution >= 0.6 is 11.6 Å². The number of benzene rings is 1. The van der Waals surface area contributed by atoms with Crippen LogP contribution in [0.15, 0.2) is 12.1 Å². The van der Waals surface area contributed by atoms with Crippen molar-refractivity contribution in [1.82, 2.24) is 0 Å². The Labute approximate surface area is 91.0 Å². The van der Waals surface area contributed by atoms with Gasteiger partial charge < -0.3 is 4.74 Å². The van der Waals surface area contributed by atoms with Gasteiger partial charge in [0.05, 0.1) is 19.1 Å². The van der Waals surface area contributed by atoms with Crippen LogP contribution in [0.1, 0.15) is 11.1 Å². The summed E-state index contributed by atoms with van der Waals surface area (Å²) in [6, 6.07) is 4.05. The predicted molar refractivity (Wildman–Crippen MR) is 51.8 cm³/mol. The molecule has 0 aliphatic rings. The molecule has 0 aromatic heterocycles. The number of methoxy groups -OCH3 is 1. The summed E-state index contributed by atoms with van der Waals surface area (Å²) in [6.45, 7) is 0. The molecule has 0 atom stereocenters. The molecule has 0 saturated heterocycles. The summed E-state index contributed by atoms with van der Waals surface area (Å²) in [4.78, 5) is 11.0. The Morgan fingerprint density at radius 1 is 1.67 bits per heavy atom. The zero-order valence-electron chi connectivity index (χ0n) is 7.88. The quantitative estimate of drug-likeness (QED) is 0.727. The van der Waals surface area contributed by atoms with Crippen molar-refractivity contribution in [3.05, 3.63) is 34.1 Å². The third-order valence-corrected chi connectivity index (χ3v) is 2.22. The highest BCUT2D eigenvalue weighted by Crippen LogP contribution is 2.23. The lowest BCUT2D eigenvalue weighted by Gasteiger charge is -2.05. The van der Waals surface area contributed by atoms with Gasteiger partial charge in [-0.05, 0) is 12.1 Å². The highest BCUT2D eigenvalue weighted by Gasteiger charge is 2.15. The van der Waals surface area contributed by atoms with E-state index in [1.54, 1.807) is 6.07 Å². The molecule has 78 valence electrons. The fourth-order valence-electron chi connectivity index (χ4n) is 1.10. The molecule has 0 radical (unpaired) electrons. The number of carbonyl (C=O) groups excluding carboxylic acids is 1.